The van der Waals surface area contributed by atoms with Crippen LogP contribution in [0.5, 0.6) is 0 Å². The lowest BCUT2D eigenvalue weighted by molar-refractivity contribution is 0.350. The monoisotopic (exact) mass is 272 g/mol. The summed E-state index contributed by atoms with van der Waals surface area (Å²) in [5, 5.41) is 0.467. The van der Waals surface area contributed by atoms with Crippen LogP contribution in [-0.2, 0) is 4.57 Å². The molecule has 2 saturated carbocycles. The van der Waals surface area contributed by atoms with Gasteiger partial charge in [0.1, 0.15) is 0 Å². The lowest BCUT2D eigenvalue weighted by Gasteiger charge is -2.27. The molecular weight excluding hydrogens is 247 g/mol. The van der Waals surface area contributed by atoms with E-state index in [9.17, 15) is 14.4 Å². The minimum Gasteiger partial charge on any atom is -0.321 e. The quantitative estimate of drug-likeness (QED) is 0.757. The Kier molecular flexibility index (Phi) is 5.06. The van der Waals surface area contributed by atoms with E-state index in [1.165, 1.54) is 25.7 Å². The first-order valence-electron chi connectivity index (χ1n) is 7.35. The standard InChI is InChI=1S/C14H25O3P/c15-18(16,17)14(13-9-5-2-6-10-13)11-12-7-3-1-4-8-12/h11-13H,1-10H2,(H2,15,16,17)/b14-11-. The maximum absolute atomic E-state index is 11.7. The number of hydrogen-bond donors (Lipinski definition) is 2. The molecule has 0 spiro atoms. The molecule has 104 valence electrons. The van der Waals surface area contributed by atoms with E-state index in [4.69, 9.17) is 0 Å². The average molecular weight is 272 g/mol. The maximum Gasteiger partial charge on any atom is 0.352 e. The second kappa shape index (κ2) is 6.36. The third-order valence-electron chi connectivity index (χ3n) is 4.42. The van der Waals surface area contributed by atoms with Crippen molar-refractivity contribution < 1.29 is 14.4 Å². The van der Waals surface area contributed by atoms with E-state index >= 15 is 0 Å². The van der Waals surface area contributed by atoms with Gasteiger partial charge in [0.2, 0.25) is 0 Å². The Morgan fingerprint density at radius 1 is 0.889 bits per heavy atom. The van der Waals surface area contributed by atoms with Crippen LogP contribution in [0.3, 0.4) is 0 Å². The Hall–Kier alpha value is -0.110. The van der Waals surface area contributed by atoms with Crippen LogP contribution in [0, 0.1) is 11.8 Å². The SMILES string of the molecule is O=P(O)(O)/C(=C\C1CCCCC1)C1CCCCC1. The number of allylic oxidation sites excluding steroid dienone is 2. The maximum atomic E-state index is 11.7. The summed E-state index contributed by atoms with van der Waals surface area (Å²) in [5.41, 5.74) is 0. The molecule has 0 saturated heterocycles. The molecule has 0 aromatic rings. The molecule has 2 fully saturated rings. The molecule has 0 bridgehead atoms. The summed E-state index contributed by atoms with van der Waals surface area (Å²) < 4.78 is 11.7. The highest BCUT2D eigenvalue weighted by molar-refractivity contribution is 7.56. The highest BCUT2D eigenvalue weighted by atomic mass is 31.2. The fraction of sp³-hybridized carbons (Fsp3) is 0.857. The van der Waals surface area contributed by atoms with Crippen molar-refractivity contribution in [3.05, 3.63) is 11.4 Å². The summed E-state index contributed by atoms with van der Waals surface area (Å²) in [6.07, 6.45) is 13.2. The van der Waals surface area contributed by atoms with Crippen LogP contribution in [0.4, 0.5) is 0 Å². The second-order valence-electron chi connectivity index (χ2n) is 5.87. The molecule has 2 aliphatic rings. The van der Waals surface area contributed by atoms with Crippen LogP contribution in [0.2, 0.25) is 0 Å². The fourth-order valence-corrected chi connectivity index (χ4v) is 4.55. The highest BCUT2D eigenvalue weighted by Crippen LogP contribution is 2.53. The van der Waals surface area contributed by atoms with Crippen LogP contribution >= 0.6 is 7.60 Å². The third-order valence-corrected chi connectivity index (χ3v) is 5.60. The molecule has 2 rings (SSSR count). The van der Waals surface area contributed by atoms with Gasteiger partial charge in [-0.1, -0.05) is 44.6 Å². The predicted octanol–water partition coefficient (Wildman–Crippen LogP) is 4.21. The van der Waals surface area contributed by atoms with Crippen molar-refractivity contribution in [2.75, 3.05) is 0 Å². The molecule has 0 unspecified atom stereocenters. The lowest BCUT2D eigenvalue weighted by atomic mass is 9.85. The zero-order chi connectivity index (χ0) is 13.0. The molecule has 18 heavy (non-hydrogen) atoms. The molecule has 0 aliphatic heterocycles. The van der Waals surface area contributed by atoms with Crippen molar-refractivity contribution in [3.8, 4) is 0 Å². The topological polar surface area (TPSA) is 57.5 Å². The van der Waals surface area contributed by atoms with Crippen molar-refractivity contribution >= 4 is 7.60 Å². The van der Waals surface area contributed by atoms with Crippen LogP contribution in [0.25, 0.3) is 0 Å². The van der Waals surface area contributed by atoms with E-state index in [2.05, 4.69) is 0 Å². The van der Waals surface area contributed by atoms with E-state index in [-0.39, 0.29) is 5.92 Å². The van der Waals surface area contributed by atoms with Gasteiger partial charge in [0.25, 0.3) is 0 Å². The zero-order valence-corrected chi connectivity index (χ0v) is 11.9. The van der Waals surface area contributed by atoms with Gasteiger partial charge in [-0.05, 0) is 37.5 Å². The third kappa shape index (κ3) is 3.94. The minimum atomic E-state index is -4.05. The first-order chi connectivity index (χ1) is 8.57. The van der Waals surface area contributed by atoms with Crippen LogP contribution in [0.1, 0.15) is 64.2 Å². The molecule has 0 amide bonds. The Bertz CT molecular complexity index is 333. The highest BCUT2D eigenvalue weighted by Gasteiger charge is 2.31. The van der Waals surface area contributed by atoms with Crippen LogP contribution < -0.4 is 0 Å². The second-order valence-corrected chi connectivity index (χ2v) is 7.47. The summed E-state index contributed by atoms with van der Waals surface area (Å²) in [7, 11) is -4.05. The molecule has 3 nitrogen and oxygen atoms in total. The van der Waals surface area contributed by atoms with Crippen molar-refractivity contribution in [1.82, 2.24) is 0 Å². The minimum absolute atomic E-state index is 0.140. The van der Waals surface area contributed by atoms with E-state index < -0.39 is 7.60 Å². The molecule has 0 aromatic carbocycles. The predicted molar refractivity (Wildman–Crippen MR) is 73.3 cm³/mol. The smallest absolute Gasteiger partial charge is 0.321 e. The molecule has 0 atom stereocenters. The average Bonchev–Trinajstić information content (AvgIpc) is 2.37. The van der Waals surface area contributed by atoms with Crippen LogP contribution in [-0.4, -0.2) is 9.79 Å². The van der Waals surface area contributed by atoms with E-state index in [1.807, 2.05) is 6.08 Å². The lowest BCUT2D eigenvalue weighted by Crippen LogP contribution is -2.12. The first-order valence-corrected chi connectivity index (χ1v) is 8.96. The molecule has 2 N–H and O–H groups in total. The van der Waals surface area contributed by atoms with Gasteiger partial charge in [0.15, 0.2) is 0 Å². The van der Waals surface area contributed by atoms with Crippen molar-refractivity contribution in [1.29, 1.82) is 0 Å². The van der Waals surface area contributed by atoms with E-state index in [0.29, 0.717) is 11.2 Å². The van der Waals surface area contributed by atoms with E-state index in [1.54, 1.807) is 0 Å². The zero-order valence-electron chi connectivity index (χ0n) is 11.1. The summed E-state index contributed by atoms with van der Waals surface area (Å²) in [6, 6.07) is 0. The van der Waals surface area contributed by atoms with Gasteiger partial charge in [0.05, 0.1) is 0 Å². The summed E-state index contributed by atoms with van der Waals surface area (Å²) in [6.45, 7) is 0. The van der Waals surface area contributed by atoms with Gasteiger partial charge in [0, 0.05) is 5.31 Å². The van der Waals surface area contributed by atoms with Gasteiger partial charge < -0.3 is 9.79 Å². The Morgan fingerprint density at radius 2 is 1.39 bits per heavy atom. The number of hydrogen-bond acceptors (Lipinski definition) is 1. The van der Waals surface area contributed by atoms with Crippen LogP contribution in [0.15, 0.2) is 11.4 Å². The summed E-state index contributed by atoms with van der Waals surface area (Å²) >= 11 is 0. The normalized spacial score (nSPS) is 25.3. The van der Waals surface area contributed by atoms with Crippen molar-refractivity contribution in [3.63, 3.8) is 0 Å². The first kappa shape index (κ1) is 14.3. The van der Waals surface area contributed by atoms with Gasteiger partial charge in [-0.2, -0.15) is 0 Å². The summed E-state index contributed by atoms with van der Waals surface area (Å²) in [5.74, 6) is 0.546. The Morgan fingerprint density at radius 3 is 1.89 bits per heavy atom. The molecule has 2 aliphatic carbocycles. The van der Waals surface area contributed by atoms with Crippen molar-refractivity contribution in [2.45, 2.75) is 64.2 Å². The fourth-order valence-electron chi connectivity index (χ4n) is 3.41. The summed E-state index contributed by atoms with van der Waals surface area (Å²) in [4.78, 5) is 19.2. The van der Waals surface area contributed by atoms with Gasteiger partial charge in [-0.3, -0.25) is 4.57 Å². The van der Waals surface area contributed by atoms with Gasteiger partial charge in [-0.15, -0.1) is 0 Å². The van der Waals surface area contributed by atoms with Gasteiger partial charge in [-0.25, -0.2) is 0 Å². The van der Waals surface area contributed by atoms with E-state index in [0.717, 1.165) is 38.5 Å². The number of rotatable bonds is 3. The Labute approximate surface area is 110 Å². The molecular formula is C14H25O3P. The molecule has 0 radical (unpaired) electrons. The van der Waals surface area contributed by atoms with Gasteiger partial charge >= 0.3 is 7.60 Å². The van der Waals surface area contributed by atoms with Crippen molar-refractivity contribution in [2.24, 2.45) is 11.8 Å². The molecule has 0 aromatic heterocycles. The largest absolute Gasteiger partial charge is 0.352 e. The molecule has 0 heterocycles. The Balaban J connectivity index is 2.13. The molecule has 4 heteroatoms.